The molecule has 0 radical (unpaired) electrons. The van der Waals surface area contributed by atoms with E-state index < -0.39 is 0 Å². The largest absolute Gasteiger partial charge is 0.481 e. The van der Waals surface area contributed by atoms with Crippen LogP contribution in [-0.2, 0) is 6.54 Å². The van der Waals surface area contributed by atoms with Gasteiger partial charge in [-0.1, -0.05) is 0 Å². The predicted molar refractivity (Wildman–Crippen MR) is 70.2 cm³/mol. The second kappa shape index (κ2) is 6.68. The Morgan fingerprint density at radius 1 is 1.26 bits per heavy atom. The molecule has 106 valence electrons. The third-order valence-electron chi connectivity index (χ3n) is 3.50. The van der Waals surface area contributed by atoms with E-state index in [1.165, 1.54) is 6.33 Å². The van der Waals surface area contributed by atoms with Crippen molar-refractivity contribution in [3.05, 3.63) is 11.9 Å². The predicted octanol–water partition coefficient (Wildman–Crippen LogP) is 0.744. The van der Waals surface area contributed by atoms with E-state index in [9.17, 15) is 5.11 Å². The number of nitrogens with zero attached hydrogens (tertiary/aromatic N) is 2. The summed E-state index contributed by atoms with van der Waals surface area (Å²) in [6.07, 6.45) is 4.17. The molecule has 6 nitrogen and oxygen atoms in total. The van der Waals surface area contributed by atoms with E-state index in [0.29, 0.717) is 24.2 Å². The van der Waals surface area contributed by atoms with E-state index in [1.54, 1.807) is 14.2 Å². The number of aromatic nitrogens is 2. The average molecular weight is 267 g/mol. The summed E-state index contributed by atoms with van der Waals surface area (Å²) in [7, 11) is 3.16. The molecule has 1 aliphatic rings. The van der Waals surface area contributed by atoms with Gasteiger partial charge in [0.1, 0.15) is 6.33 Å². The van der Waals surface area contributed by atoms with Gasteiger partial charge in [-0.15, -0.1) is 0 Å². The molecule has 0 amide bonds. The topological polar surface area (TPSA) is 76.5 Å². The van der Waals surface area contributed by atoms with E-state index in [4.69, 9.17) is 9.47 Å². The molecule has 2 unspecified atom stereocenters. The number of nitrogens with one attached hydrogen (secondary N) is 1. The zero-order valence-corrected chi connectivity index (χ0v) is 11.4. The van der Waals surface area contributed by atoms with Gasteiger partial charge in [-0.3, -0.25) is 0 Å². The van der Waals surface area contributed by atoms with Crippen molar-refractivity contribution in [2.24, 2.45) is 5.92 Å². The number of rotatable bonds is 6. The highest BCUT2D eigenvalue weighted by molar-refractivity contribution is 5.34. The Bertz CT molecular complexity index is 392. The summed E-state index contributed by atoms with van der Waals surface area (Å²) in [6, 6.07) is 0. The first-order valence-corrected chi connectivity index (χ1v) is 6.55. The molecule has 1 aromatic rings. The Labute approximate surface area is 113 Å². The van der Waals surface area contributed by atoms with Crippen LogP contribution in [0.5, 0.6) is 11.8 Å². The molecular formula is C13H21N3O3. The van der Waals surface area contributed by atoms with Gasteiger partial charge >= 0.3 is 0 Å². The smallest absolute Gasteiger partial charge is 0.224 e. The van der Waals surface area contributed by atoms with Crippen molar-refractivity contribution in [2.45, 2.75) is 31.9 Å². The first-order chi connectivity index (χ1) is 9.24. The van der Waals surface area contributed by atoms with Crippen molar-refractivity contribution in [1.82, 2.24) is 15.3 Å². The Kier molecular flexibility index (Phi) is 4.93. The van der Waals surface area contributed by atoms with Crippen LogP contribution in [0.25, 0.3) is 0 Å². The minimum Gasteiger partial charge on any atom is -0.481 e. The maximum atomic E-state index is 9.49. The van der Waals surface area contributed by atoms with E-state index >= 15 is 0 Å². The summed E-state index contributed by atoms with van der Waals surface area (Å²) in [6.45, 7) is 1.47. The molecule has 2 rings (SSSR count). The van der Waals surface area contributed by atoms with Gasteiger partial charge in [0.05, 0.1) is 25.9 Å². The molecule has 0 saturated heterocycles. The van der Waals surface area contributed by atoms with E-state index in [0.717, 1.165) is 31.4 Å². The third-order valence-corrected chi connectivity index (χ3v) is 3.50. The molecule has 0 bridgehead atoms. The lowest BCUT2D eigenvalue weighted by Gasteiger charge is -2.14. The number of aliphatic hydroxyl groups is 1. The molecule has 1 fully saturated rings. The van der Waals surface area contributed by atoms with Crippen molar-refractivity contribution in [3.8, 4) is 11.8 Å². The van der Waals surface area contributed by atoms with E-state index in [1.807, 2.05) is 0 Å². The zero-order valence-electron chi connectivity index (χ0n) is 11.4. The Balaban J connectivity index is 1.91. The lowest BCUT2D eigenvalue weighted by molar-refractivity contribution is 0.177. The molecule has 19 heavy (non-hydrogen) atoms. The SMILES string of the molecule is COc1ncnc(OC)c1CNCC1CCC(O)C1. The highest BCUT2D eigenvalue weighted by Gasteiger charge is 2.22. The zero-order chi connectivity index (χ0) is 13.7. The van der Waals surface area contributed by atoms with Crippen LogP contribution < -0.4 is 14.8 Å². The molecule has 2 N–H and O–H groups in total. The van der Waals surface area contributed by atoms with Crippen LogP contribution in [0.2, 0.25) is 0 Å². The molecule has 2 atom stereocenters. The van der Waals surface area contributed by atoms with Crippen LogP contribution in [-0.4, -0.2) is 41.9 Å². The van der Waals surface area contributed by atoms with Crippen LogP contribution in [0, 0.1) is 5.92 Å². The fraction of sp³-hybridized carbons (Fsp3) is 0.692. The number of methoxy groups -OCH3 is 2. The molecule has 0 aliphatic heterocycles. The quantitative estimate of drug-likeness (QED) is 0.792. The summed E-state index contributed by atoms with van der Waals surface area (Å²) in [5.74, 6) is 1.60. The van der Waals surface area contributed by atoms with Crippen molar-refractivity contribution < 1.29 is 14.6 Å². The van der Waals surface area contributed by atoms with Gasteiger partial charge in [-0.05, 0) is 31.7 Å². The third kappa shape index (κ3) is 3.54. The monoisotopic (exact) mass is 267 g/mol. The van der Waals surface area contributed by atoms with Crippen LogP contribution >= 0.6 is 0 Å². The molecule has 1 aromatic heterocycles. The summed E-state index contributed by atoms with van der Waals surface area (Å²) < 4.78 is 10.4. The first kappa shape index (κ1) is 14.0. The van der Waals surface area contributed by atoms with Gasteiger partial charge in [-0.25, -0.2) is 9.97 Å². The van der Waals surface area contributed by atoms with Gasteiger partial charge in [0, 0.05) is 6.54 Å². The second-order valence-corrected chi connectivity index (χ2v) is 4.83. The van der Waals surface area contributed by atoms with Crippen LogP contribution in [0.15, 0.2) is 6.33 Å². The van der Waals surface area contributed by atoms with E-state index in [-0.39, 0.29) is 6.10 Å². The molecule has 0 spiro atoms. The van der Waals surface area contributed by atoms with Gasteiger partial charge < -0.3 is 19.9 Å². The van der Waals surface area contributed by atoms with Gasteiger partial charge in [0.2, 0.25) is 11.8 Å². The molecule has 6 heteroatoms. The number of aliphatic hydroxyl groups excluding tert-OH is 1. The van der Waals surface area contributed by atoms with Gasteiger partial charge in [-0.2, -0.15) is 0 Å². The van der Waals surface area contributed by atoms with E-state index in [2.05, 4.69) is 15.3 Å². The number of hydrogen-bond donors (Lipinski definition) is 2. The number of ether oxygens (including phenoxy) is 2. The summed E-state index contributed by atoms with van der Waals surface area (Å²) in [5, 5.41) is 12.9. The lowest BCUT2D eigenvalue weighted by atomic mass is 10.1. The van der Waals surface area contributed by atoms with Crippen LogP contribution in [0.4, 0.5) is 0 Å². The number of hydrogen-bond acceptors (Lipinski definition) is 6. The molecule has 1 saturated carbocycles. The summed E-state index contributed by atoms with van der Waals surface area (Å²) in [4.78, 5) is 8.15. The Hall–Kier alpha value is -1.40. The Morgan fingerprint density at radius 2 is 1.95 bits per heavy atom. The molecular weight excluding hydrogens is 246 g/mol. The molecule has 1 aliphatic carbocycles. The highest BCUT2D eigenvalue weighted by atomic mass is 16.5. The van der Waals surface area contributed by atoms with Crippen LogP contribution in [0.3, 0.4) is 0 Å². The van der Waals surface area contributed by atoms with Crippen molar-refractivity contribution in [1.29, 1.82) is 0 Å². The second-order valence-electron chi connectivity index (χ2n) is 4.83. The fourth-order valence-electron chi connectivity index (χ4n) is 2.52. The summed E-state index contributed by atoms with van der Waals surface area (Å²) >= 11 is 0. The highest BCUT2D eigenvalue weighted by Crippen LogP contribution is 2.26. The van der Waals surface area contributed by atoms with Crippen molar-refractivity contribution in [3.63, 3.8) is 0 Å². The van der Waals surface area contributed by atoms with Gasteiger partial charge in [0.15, 0.2) is 0 Å². The Morgan fingerprint density at radius 3 is 2.47 bits per heavy atom. The van der Waals surface area contributed by atoms with Crippen molar-refractivity contribution in [2.75, 3.05) is 20.8 Å². The average Bonchev–Trinajstić information content (AvgIpc) is 2.84. The molecule has 0 aromatic carbocycles. The fourth-order valence-corrected chi connectivity index (χ4v) is 2.52. The maximum absolute atomic E-state index is 9.49. The maximum Gasteiger partial charge on any atom is 0.224 e. The minimum atomic E-state index is -0.129. The summed E-state index contributed by atoms with van der Waals surface area (Å²) in [5.41, 5.74) is 0.825. The van der Waals surface area contributed by atoms with Crippen LogP contribution in [0.1, 0.15) is 24.8 Å². The molecule has 1 heterocycles. The first-order valence-electron chi connectivity index (χ1n) is 6.55. The van der Waals surface area contributed by atoms with Gasteiger partial charge in [0.25, 0.3) is 0 Å². The van der Waals surface area contributed by atoms with Crippen molar-refractivity contribution >= 4 is 0 Å². The lowest BCUT2D eigenvalue weighted by Crippen LogP contribution is -2.22. The normalized spacial score (nSPS) is 22.5. The standard InChI is InChI=1S/C13H21N3O3/c1-18-12-11(13(19-2)16-8-15-12)7-14-6-9-3-4-10(17)5-9/h8-10,14,17H,3-7H2,1-2H3. The minimum absolute atomic E-state index is 0.129.